The molecule has 8 heterocycles. The largest absolute Gasteiger partial charge is 0.457 e. The molecule has 2 amide bonds. The van der Waals surface area contributed by atoms with E-state index in [1.165, 1.54) is 37.2 Å². The van der Waals surface area contributed by atoms with E-state index in [9.17, 15) is 14.4 Å². The van der Waals surface area contributed by atoms with Gasteiger partial charge in [0, 0.05) is 48.8 Å². The minimum absolute atomic E-state index is 0.0196. The summed E-state index contributed by atoms with van der Waals surface area (Å²) >= 11 is 0. The summed E-state index contributed by atoms with van der Waals surface area (Å²) in [7, 11) is 0. The minimum atomic E-state index is -0.203. The number of carbonyl (C=O) groups excluding carboxylic acids is 3. The van der Waals surface area contributed by atoms with E-state index in [1.54, 1.807) is 0 Å². The van der Waals surface area contributed by atoms with Crippen molar-refractivity contribution in [2.45, 2.75) is 63.1 Å². The number of nitrogens with one attached hydrogen (secondary N) is 1. The number of para-hydroxylation sites is 3. The normalized spacial score (nSPS) is 15.7. The number of aromatic nitrogens is 12. The summed E-state index contributed by atoms with van der Waals surface area (Å²) in [5, 5.41) is 18.8. The smallest absolute Gasteiger partial charge is 0.257 e. The van der Waals surface area contributed by atoms with E-state index >= 15 is 0 Å². The molecule has 15 rings (SSSR count). The number of fused-ring (bicyclic) bond motifs is 3. The van der Waals surface area contributed by atoms with Gasteiger partial charge in [-0.2, -0.15) is 15.3 Å². The number of carbonyl (C=O) groups is 3. The standard InChI is InChI=1S/C25H25N7O2.C25H24N6O2.C25H23N5O2/c1-2-21(33)29-31-14-12-18(13-15-31)32-25-22(24(26)27-16-28-25)23(30-32)17-8-10-20(11-9-17)34-19-6-4-3-5-7-19;1-2-21(32)30-14-12-18(13-15-30)31-25-22(24(26)27-16-28-25)23(29-31)17-8-10-20(11-9-17)33-19-6-4-3-5-7-19;1-2-21(31)17-8-11-18(14-17)30-25-22(24(26)27-15-28-25)23(29-30)16-9-12-20(13-10-16)32-19-6-4-3-5-7-19/h2-11,16,18H,1,12-15H2,(H,29,33)(H2,26,27,28);2-11,16,18H,1,12-15H2,(H2,26,27,28);2-7,9-10,12-13,15,17-18H,1,8,11,14H2,(H2,26,27,28). The molecule has 3 aliphatic rings. The van der Waals surface area contributed by atoms with Crippen LogP contribution in [-0.4, -0.2) is 113 Å². The van der Waals surface area contributed by atoms with Gasteiger partial charge in [-0.3, -0.25) is 19.8 Å². The Labute approximate surface area is 570 Å². The fourth-order valence-corrected chi connectivity index (χ4v) is 12.8. The SMILES string of the molecule is C=CC(=O)C1CCC(n2nc(-c3ccc(Oc4ccccc4)cc3)c3c(N)ncnc32)C1.C=CC(=O)N1CCC(n2nc(-c3ccc(Oc4ccccc4)cc3)c3c(N)ncnc32)CC1.C=CC(=O)NN1CCC(n2nc(-c3ccc(Oc4ccccc4)cc3)c3c(N)ncnc32)CC1. The van der Waals surface area contributed by atoms with Gasteiger partial charge in [-0.05, 0) is 172 Å². The molecule has 1 saturated carbocycles. The molecule has 24 heteroatoms. The lowest BCUT2D eigenvalue weighted by molar-refractivity contribution is -0.127. The van der Waals surface area contributed by atoms with E-state index in [0.29, 0.717) is 60.6 Å². The van der Waals surface area contributed by atoms with Crippen molar-refractivity contribution in [3.05, 3.63) is 221 Å². The van der Waals surface area contributed by atoms with Gasteiger partial charge in [-0.25, -0.2) is 49.0 Å². The second-order valence-corrected chi connectivity index (χ2v) is 24.0. The van der Waals surface area contributed by atoms with Crippen LogP contribution in [0, 0.1) is 5.92 Å². The number of ether oxygens (including phenoxy) is 3. The number of nitrogen functional groups attached to an aromatic ring is 3. The Hall–Kier alpha value is -12.4. The summed E-state index contributed by atoms with van der Waals surface area (Å²) in [6.45, 7) is 13.4. The fourth-order valence-electron chi connectivity index (χ4n) is 12.8. The zero-order valence-corrected chi connectivity index (χ0v) is 54.2. The number of ketones is 1. The van der Waals surface area contributed by atoms with Crippen LogP contribution < -0.4 is 36.8 Å². The Bertz CT molecular complexity index is 4860. The van der Waals surface area contributed by atoms with Crippen molar-refractivity contribution >= 4 is 68.2 Å². The lowest BCUT2D eigenvalue weighted by Gasteiger charge is -2.31. The number of anilines is 3. The average Bonchev–Trinajstić information content (AvgIpc) is 1.63. The summed E-state index contributed by atoms with van der Waals surface area (Å²) < 4.78 is 23.5. The molecule has 2 aliphatic heterocycles. The summed E-state index contributed by atoms with van der Waals surface area (Å²) in [5.74, 6) is 5.53. The van der Waals surface area contributed by atoms with Crippen LogP contribution in [0.4, 0.5) is 17.5 Å². The Morgan fingerprint density at radius 3 is 1.12 bits per heavy atom. The molecule has 6 aromatic carbocycles. The van der Waals surface area contributed by atoms with E-state index in [-0.39, 0.29) is 41.6 Å². The first-order valence-electron chi connectivity index (χ1n) is 32.6. The molecule has 1 aliphatic carbocycles. The third kappa shape index (κ3) is 14.6. The lowest BCUT2D eigenvalue weighted by Crippen LogP contribution is -2.46. The Morgan fingerprint density at radius 2 is 0.768 bits per heavy atom. The van der Waals surface area contributed by atoms with Crippen molar-refractivity contribution in [3.63, 3.8) is 0 Å². The van der Waals surface area contributed by atoms with Crippen LogP contribution in [0.1, 0.15) is 63.1 Å². The molecule has 0 radical (unpaired) electrons. The molecule has 2 saturated heterocycles. The number of allylic oxidation sites excluding steroid dienone is 1. The van der Waals surface area contributed by atoms with Crippen molar-refractivity contribution in [1.29, 1.82) is 0 Å². The highest BCUT2D eigenvalue weighted by Crippen LogP contribution is 2.42. The van der Waals surface area contributed by atoms with Crippen molar-refractivity contribution in [2.75, 3.05) is 43.4 Å². The highest BCUT2D eigenvalue weighted by molar-refractivity contribution is 6.00. The molecule has 6 aromatic heterocycles. The van der Waals surface area contributed by atoms with Gasteiger partial charge < -0.3 is 36.3 Å². The van der Waals surface area contributed by atoms with Gasteiger partial charge in [0.25, 0.3) is 5.91 Å². The number of hydrogen-bond acceptors (Lipinski definition) is 19. The highest BCUT2D eigenvalue weighted by atomic mass is 16.5. The number of benzene rings is 6. The Morgan fingerprint density at radius 1 is 0.414 bits per heavy atom. The summed E-state index contributed by atoms with van der Waals surface area (Å²) in [5.41, 5.74) is 28.6. The van der Waals surface area contributed by atoms with Gasteiger partial charge in [0.05, 0.1) is 34.3 Å². The molecule has 12 aromatic rings. The van der Waals surface area contributed by atoms with Gasteiger partial charge in [-0.1, -0.05) is 74.3 Å². The number of rotatable bonds is 17. The van der Waals surface area contributed by atoms with Crippen LogP contribution in [0.15, 0.2) is 221 Å². The van der Waals surface area contributed by atoms with Crippen LogP contribution in [0.25, 0.3) is 66.9 Å². The number of nitrogens with two attached hydrogens (primary N) is 3. The maximum atomic E-state index is 12.1. The molecule has 498 valence electrons. The Balaban J connectivity index is 0.000000133. The van der Waals surface area contributed by atoms with Crippen molar-refractivity contribution in [1.82, 2.24) is 74.6 Å². The van der Waals surface area contributed by atoms with E-state index in [4.69, 9.17) is 46.7 Å². The van der Waals surface area contributed by atoms with Crippen LogP contribution in [-0.2, 0) is 14.4 Å². The number of hydrogen-bond donors (Lipinski definition) is 4. The monoisotopic (exact) mass is 1320 g/mol. The lowest BCUT2D eigenvalue weighted by atomic mass is 10.0. The molecular formula is C75H72N18O6. The molecule has 0 bridgehead atoms. The number of hydrazine groups is 1. The molecule has 2 unspecified atom stereocenters. The zero-order valence-electron chi connectivity index (χ0n) is 54.2. The topological polar surface area (TPSA) is 306 Å². The van der Waals surface area contributed by atoms with Crippen LogP contribution in [0.2, 0.25) is 0 Å². The maximum Gasteiger partial charge on any atom is 0.257 e. The number of nitrogens with zero attached hydrogens (tertiary/aromatic N) is 14. The van der Waals surface area contributed by atoms with E-state index in [2.05, 4.69) is 55.1 Å². The quantitative estimate of drug-likeness (QED) is 0.0616. The minimum Gasteiger partial charge on any atom is -0.457 e. The predicted octanol–water partition coefficient (Wildman–Crippen LogP) is 12.9. The summed E-state index contributed by atoms with van der Waals surface area (Å²) in [6, 6.07) is 52.4. The third-order valence-corrected chi connectivity index (χ3v) is 17.8. The first kappa shape index (κ1) is 65.2. The van der Waals surface area contributed by atoms with E-state index in [0.717, 1.165) is 129 Å². The zero-order chi connectivity index (χ0) is 68.4. The van der Waals surface area contributed by atoms with Gasteiger partial charge >= 0.3 is 0 Å². The third-order valence-electron chi connectivity index (χ3n) is 17.8. The van der Waals surface area contributed by atoms with Crippen molar-refractivity contribution in [2.24, 2.45) is 5.92 Å². The number of likely N-dealkylation sites (tertiary alicyclic amines) is 1. The van der Waals surface area contributed by atoms with Crippen molar-refractivity contribution in [3.8, 4) is 68.3 Å². The van der Waals surface area contributed by atoms with Crippen LogP contribution in [0.5, 0.6) is 34.5 Å². The predicted molar refractivity (Wildman–Crippen MR) is 380 cm³/mol. The van der Waals surface area contributed by atoms with Crippen LogP contribution in [0.3, 0.4) is 0 Å². The summed E-state index contributed by atoms with van der Waals surface area (Å²) in [4.78, 5) is 63.5. The second kappa shape index (κ2) is 29.7. The van der Waals surface area contributed by atoms with Crippen molar-refractivity contribution < 1.29 is 28.6 Å². The number of amides is 2. The van der Waals surface area contributed by atoms with Gasteiger partial charge in [0.2, 0.25) is 5.91 Å². The first-order chi connectivity index (χ1) is 48.4. The molecular weight excluding hydrogens is 1250 g/mol. The highest BCUT2D eigenvalue weighted by Gasteiger charge is 2.33. The fraction of sp³-hybridized carbons (Fsp3) is 0.200. The molecule has 0 spiro atoms. The van der Waals surface area contributed by atoms with Gasteiger partial charge in [-0.15, -0.1) is 0 Å². The average molecular weight is 1320 g/mol. The summed E-state index contributed by atoms with van der Waals surface area (Å²) in [6.07, 6.45) is 14.0. The molecule has 3 fully saturated rings. The Kier molecular flexibility index (Phi) is 19.6. The van der Waals surface area contributed by atoms with Crippen LogP contribution >= 0.6 is 0 Å². The number of piperidine rings is 2. The second-order valence-electron chi connectivity index (χ2n) is 24.0. The van der Waals surface area contributed by atoms with E-state index in [1.807, 2.05) is 188 Å². The van der Waals surface area contributed by atoms with E-state index < -0.39 is 0 Å². The maximum absolute atomic E-state index is 12.1. The molecule has 99 heavy (non-hydrogen) atoms. The molecule has 7 N–H and O–H groups in total. The van der Waals surface area contributed by atoms with Gasteiger partial charge in [0.15, 0.2) is 22.7 Å². The molecule has 24 nitrogen and oxygen atoms in total. The molecule has 2 atom stereocenters. The van der Waals surface area contributed by atoms with Gasteiger partial charge in [0.1, 0.15) is 88.0 Å². The first-order valence-corrected chi connectivity index (χ1v) is 32.6.